The van der Waals surface area contributed by atoms with Crippen LogP contribution in [-0.4, -0.2) is 18.4 Å². The van der Waals surface area contributed by atoms with Gasteiger partial charge in [-0.05, 0) is 6.42 Å². The Labute approximate surface area is 52.4 Å². The Hall–Kier alpha value is -1.06. The molecule has 0 unspecified atom stereocenters. The van der Waals surface area contributed by atoms with Crippen LogP contribution >= 0.6 is 0 Å². The van der Waals surface area contributed by atoms with E-state index in [0.717, 1.165) is 0 Å². The standard InChI is InChI=1S/C5H8N2O2/c6-4(8)3-1-2-7-5(3)9/h3H,1-2H2,(H2,6,8)(H,7,9)/t3-/m1/s1. The largest absolute Gasteiger partial charge is 0.369 e. The molecule has 0 saturated carbocycles. The molecular weight excluding hydrogens is 120 g/mol. The molecule has 4 nitrogen and oxygen atoms in total. The Morgan fingerprint density at radius 1 is 1.78 bits per heavy atom. The molecule has 9 heavy (non-hydrogen) atoms. The minimum atomic E-state index is -0.579. The van der Waals surface area contributed by atoms with Crippen molar-refractivity contribution in [3.63, 3.8) is 0 Å². The van der Waals surface area contributed by atoms with Gasteiger partial charge in [-0.1, -0.05) is 0 Å². The number of rotatable bonds is 1. The molecule has 1 aliphatic heterocycles. The van der Waals surface area contributed by atoms with E-state index < -0.39 is 11.8 Å². The minimum absolute atomic E-state index is 0.234. The summed E-state index contributed by atoms with van der Waals surface area (Å²) in [5, 5.41) is 2.51. The summed E-state index contributed by atoms with van der Waals surface area (Å²) >= 11 is 0. The Balaban J connectivity index is 2.60. The summed E-state index contributed by atoms with van der Waals surface area (Å²) in [5.74, 6) is -1.34. The van der Waals surface area contributed by atoms with Crippen LogP contribution in [0.3, 0.4) is 0 Å². The maximum absolute atomic E-state index is 10.6. The summed E-state index contributed by atoms with van der Waals surface area (Å²) in [4.78, 5) is 21.0. The third-order valence-electron chi connectivity index (χ3n) is 1.39. The molecule has 0 aliphatic carbocycles. The Morgan fingerprint density at radius 3 is 2.67 bits per heavy atom. The van der Waals surface area contributed by atoms with Crippen molar-refractivity contribution < 1.29 is 9.59 Å². The molecule has 0 bridgehead atoms. The third-order valence-corrected chi connectivity index (χ3v) is 1.39. The Kier molecular flexibility index (Phi) is 1.38. The number of carbonyl (C=O) groups is 2. The first kappa shape index (κ1) is 6.07. The van der Waals surface area contributed by atoms with Crippen molar-refractivity contribution in [2.75, 3.05) is 6.54 Å². The van der Waals surface area contributed by atoms with E-state index in [1.807, 2.05) is 0 Å². The molecular formula is C5H8N2O2. The van der Waals surface area contributed by atoms with Crippen LogP contribution in [0.4, 0.5) is 0 Å². The van der Waals surface area contributed by atoms with Gasteiger partial charge < -0.3 is 11.1 Å². The SMILES string of the molecule is NC(=O)[C@H]1CCNC1=O. The average molecular weight is 128 g/mol. The lowest BCUT2D eigenvalue weighted by atomic mass is 10.1. The van der Waals surface area contributed by atoms with Crippen LogP contribution < -0.4 is 11.1 Å². The van der Waals surface area contributed by atoms with Crippen molar-refractivity contribution in [3.8, 4) is 0 Å². The zero-order valence-electron chi connectivity index (χ0n) is 4.89. The van der Waals surface area contributed by atoms with Gasteiger partial charge in [-0.25, -0.2) is 0 Å². The van der Waals surface area contributed by atoms with Gasteiger partial charge in [-0.15, -0.1) is 0 Å². The molecule has 1 rings (SSSR count). The first-order valence-electron chi connectivity index (χ1n) is 2.79. The smallest absolute Gasteiger partial charge is 0.232 e. The summed E-state index contributed by atoms with van der Waals surface area (Å²) in [7, 11) is 0. The zero-order chi connectivity index (χ0) is 6.85. The second-order valence-electron chi connectivity index (χ2n) is 2.03. The normalized spacial score (nSPS) is 25.8. The molecule has 0 aromatic carbocycles. The van der Waals surface area contributed by atoms with E-state index in [1.54, 1.807) is 0 Å². The number of hydrogen-bond donors (Lipinski definition) is 2. The second-order valence-corrected chi connectivity index (χ2v) is 2.03. The van der Waals surface area contributed by atoms with Crippen molar-refractivity contribution in [1.29, 1.82) is 0 Å². The fourth-order valence-electron chi connectivity index (χ4n) is 0.865. The predicted molar refractivity (Wildman–Crippen MR) is 30.3 cm³/mol. The fraction of sp³-hybridized carbons (Fsp3) is 0.600. The van der Waals surface area contributed by atoms with Crippen molar-refractivity contribution >= 4 is 11.8 Å². The van der Waals surface area contributed by atoms with Gasteiger partial charge in [0.2, 0.25) is 11.8 Å². The minimum Gasteiger partial charge on any atom is -0.369 e. The summed E-state index contributed by atoms with van der Waals surface area (Å²) in [6.45, 7) is 0.576. The van der Waals surface area contributed by atoms with E-state index in [-0.39, 0.29) is 5.91 Å². The van der Waals surface area contributed by atoms with E-state index in [9.17, 15) is 9.59 Å². The zero-order valence-corrected chi connectivity index (χ0v) is 4.89. The molecule has 1 heterocycles. The maximum atomic E-state index is 10.6. The first-order valence-corrected chi connectivity index (χ1v) is 2.79. The van der Waals surface area contributed by atoms with E-state index in [1.165, 1.54) is 0 Å². The highest BCUT2D eigenvalue weighted by Gasteiger charge is 2.28. The van der Waals surface area contributed by atoms with Gasteiger partial charge in [-0.3, -0.25) is 9.59 Å². The molecule has 2 amide bonds. The van der Waals surface area contributed by atoms with Gasteiger partial charge in [0.05, 0.1) is 0 Å². The van der Waals surface area contributed by atoms with Gasteiger partial charge in [-0.2, -0.15) is 0 Å². The molecule has 0 aromatic heterocycles. The lowest BCUT2D eigenvalue weighted by Crippen LogP contribution is -2.30. The average Bonchev–Trinajstić information content (AvgIpc) is 2.13. The van der Waals surface area contributed by atoms with E-state index in [2.05, 4.69) is 5.32 Å². The van der Waals surface area contributed by atoms with Crippen molar-refractivity contribution in [2.24, 2.45) is 11.7 Å². The molecule has 0 aromatic rings. The van der Waals surface area contributed by atoms with Crippen LogP contribution in [0, 0.1) is 5.92 Å². The number of nitrogens with one attached hydrogen (secondary N) is 1. The number of nitrogens with two attached hydrogens (primary N) is 1. The summed E-state index contributed by atoms with van der Waals surface area (Å²) in [5.41, 5.74) is 4.89. The molecule has 1 atom stereocenters. The van der Waals surface area contributed by atoms with Gasteiger partial charge in [0.25, 0.3) is 0 Å². The van der Waals surface area contributed by atoms with Crippen LogP contribution in [0.25, 0.3) is 0 Å². The molecule has 1 fully saturated rings. The summed E-state index contributed by atoms with van der Waals surface area (Å²) < 4.78 is 0. The van der Waals surface area contributed by atoms with Crippen LogP contribution in [0.5, 0.6) is 0 Å². The van der Waals surface area contributed by atoms with Gasteiger partial charge in [0, 0.05) is 6.54 Å². The molecule has 1 aliphatic rings. The highest BCUT2D eigenvalue weighted by molar-refractivity contribution is 6.00. The van der Waals surface area contributed by atoms with Gasteiger partial charge in [0.15, 0.2) is 0 Å². The van der Waals surface area contributed by atoms with E-state index >= 15 is 0 Å². The molecule has 1 saturated heterocycles. The number of amides is 2. The number of carbonyl (C=O) groups excluding carboxylic acids is 2. The monoisotopic (exact) mass is 128 g/mol. The predicted octanol–water partition coefficient (Wildman–Crippen LogP) is -1.39. The number of hydrogen-bond acceptors (Lipinski definition) is 2. The van der Waals surface area contributed by atoms with Crippen LogP contribution in [0.15, 0.2) is 0 Å². The lowest BCUT2D eigenvalue weighted by Gasteiger charge is -1.96. The molecule has 4 heteroatoms. The molecule has 50 valence electrons. The van der Waals surface area contributed by atoms with Crippen LogP contribution in [0.1, 0.15) is 6.42 Å². The third kappa shape index (κ3) is 1.01. The fourth-order valence-corrected chi connectivity index (χ4v) is 0.865. The van der Waals surface area contributed by atoms with Crippen molar-refractivity contribution in [1.82, 2.24) is 5.32 Å². The Bertz CT molecular complexity index is 155. The summed E-state index contributed by atoms with van der Waals surface area (Å²) in [6.07, 6.45) is 0.550. The lowest BCUT2D eigenvalue weighted by molar-refractivity contribution is -0.131. The van der Waals surface area contributed by atoms with Gasteiger partial charge in [0.1, 0.15) is 5.92 Å². The topological polar surface area (TPSA) is 72.2 Å². The van der Waals surface area contributed by atoms with Crippen LogP contribution in [-0.2, 0) is 9.59 Å². The van der Waals surface area contributed by atoms with Crippen molar-refractivity contribution in [2.45, 2.75) is 6.42 Å². The highest BCUT2D eigenvalue weighted by Crippen LogP contribution is 2.06. The van der Waals surface area contributed by atoms with Crippen molar-refractivity contribution in [3.05, 3.63) is 0 Å². The second kappa shape index (κ2) is 2.05. The molecule has 3 N–H and O–H groups in total. The van der Waals surface area contributed by atoms with Crippen LogP contribution in [0.2, 0.25) is 0 Å². The molecule has 0 spiro atoms. The van der Waals surface area contributed by atoms with E-state index in [0.29, 0.717) is 13.0 Å². The Morgan fingerprint density at radius 2 is 2.44 bits per heavy atom. The quantitative estimate of drug-likeness (QED) is 0.427. The van der Waals surface area contributed by atoms with E-state index in [4.69, 9.17) is 5.73 Å². The number of primary amides is 1. The van der Waals surface area contributed by atoms with Gasteiger partial charge >= 0.3 is 0 Å². The summed E-state index contributed by atoms with van der Waals surface area (Å²) in [6, 6.07) is 0. The highest BCUT2D eigenvalue weighted by atomic mass is 16.2. The molecule has 0 radical (unpaired) electrons. The first-order chi connectivity index (χ1) is 4.22. The maximum Gasteiger partial charge on any atom is 0.232 e.